The van der Waals surface area contributed by atoms with Crippen molar-refractivity contribution in [1.29, 1.82) is 0 Å². The molecule has 0 amide bonds. The molecule has 28 heavy (non-hydrogen) atoms. The molecule has 0 radical (unpaired) electrons. The van der Waals surface area contributed by atoms with Gasteiger partial charge in [0, 0.05) is 18.8 Å². The van der Waals surface area contributed by atoms with E-state index in [1.54, 1.807) is 31.2 Å². The summed E-state index contributed by atoms with van der Waals surface area (Å²) < 4.78 is 50.8. The molecule has 0 fully saturated rings. The largest absolute Gasteiger partial charge is 0.490 e. The van der Waals surface area contributed by atoms with Gasteiger partial charge in [0.25, 0.3) is 5.88 Å². The molecule has 2 aromatic heterocycles. The van der Waals surface area contributed by atoms with Gasteiger partial charge in [-0.15, -0.1) is 0 Å². The Morgan fingerprint density at radius 1 is 1.14 bits per heavy atom. The smallest absolute Gasteiger partial charge is 0.434 e. The van der Waals surface area contributed by atoms with E-state index in [4.69, 9.17) is 21.1 Å². The Morgan fingerprint density at radius 3 is 2.39 bits per heavy atom. The zero-order chi connectivity index (χ0) is 20.5. The van der Waals surface area contributed by atoms with Gasteiger partial charge in [-0.3, -0.25) is 0 Å². The second-order valence-corrected chi connectivity index (χ2v) is 6.29. The van der Waals surface area contributed by atoms with E-state index in [2.05, 4.69) is 15.0 Å². The van der Waals surface area contributed by atoms with Gasteiger partial charge in [-0.05, 0) is 24.1 Å². The second-order valence-electron chi connectivity index (χ2n) is 5.95. The minimum Gasteiger partial charge on any atom is -0.490 e. The van der Waals surface area contributed by atoms with Crippen molar-refractivity contribution in [2.75, 3.05) is 7.11 Å². The molecular weight excluding hydrogens is 397 g/mol. The first-order chi connectivity index (χ1) is 13.2. The molecule has 1 atom stereocenters. The van der Waals surface area contributed by atoms with E-state index in [0.29, 0.717) is 11.3 Å². The summed E-state index contributed by atoms with van der Waals surface area (Å²) in [6.07, 6.45) is -2.54. The fourth-order valence-corrected chi connectivity index (χ4v) is 2.69. The third-order valence-corrected chi connectivity index (χ3v) is 4.19. The van der Waals surface area contributed by atoms with E-state index < -0.39 is 18.0 Å². The van der Waals surface area contributed by atoms with Gasteiger partial charge in [-0.2, -0.15) is 18.2 Å². The zero-order valence-corrected chi connectivity index (χ0v) is 15.9. The first-order valence-corrected chi connectivity index (χ1v) is 8.51. The van der Waals surface area contributed by atoms with Gasteiger partial charge in [0.05, 0.1) is 13.3 Å². The topological polar surface area (TPSA) is 62.1 Å². The van der Waals surface area contributed by atoms with Crippen LogP contribution in [-0.4, -0.2) is 26.6 Å². The summed E-state index contributed by atoms with van der Waals surface area (Å²) in [6.45, 7) is 1.80. The molecule has 0 aliphatic heterocycles. The van der Waals surface area contributed by atoms with Crippen LogP contribution in [0.3, 0.4) is 0 Å². The summed E-state index contributed by atoms with van der Waals surface area (Å²) in [4.78, 5) is 11.5. The van der Waals surface area contributed by atoms with Crippen molar-refractivity contribution in [2.24, 2.45) is 7.05 Å². The number of benzene rings is 1. The van der Waals surface area contributed by atoms with Crippen LogP contribution in [-0.2, 0) is 13.2 Å². The van der Waals surface area contributed by atoms with Crippen molar-refractivity contribution in [3.8, 4) is 23.0 Å². The van der Waals surface area contributed by atoms with Crippen LogP contribution in [0.1, 0.15) is 24.3 Å². The number of methoxy groups -OCH3 is 1. The van der Waals surface area contributed by atoms with E-state index >= 15 is 0 Å². The van der Waals surface area contributed by atoms with Gasteiger partial charge in [0.15, 0.2) is 11.4 Å². The van der Waals surface area contributed by atoms with Crippen LogP contribution in [0, 0.1) is 0 Å². The number of hydrogen-bond donors (Lipinski definition) is 0. The van der Waals surface area contributed by atoms with E-state index in [1.807, 2.05) is 0 Å². The van der Waals surface area contributed by atoms with Crippen molar-refractivity contribution in [3.05, 3.63) is 53.2 Å². The maximum Gasteiger partial charge on any atom is 0.434 e. The maximum atomic E-state index is 12.8. The number of imidazole rings is 1. The van der Waals surface area contributed by atoms with Gasteiger partial charge in [0.1, 0.15) is 11.9 Å². The normalized spacial score (nSPS) is 12.7. The van der Waals surface area contributed by atoms with Gasteiger partial charge in [0.2, 0.25) is 5.28 Å². The van der Waals surface area contributed by atoms with Crippen molar-refractivity contribution in [2.45, 2.75) is 19.2 Å². The predicted octanol–water partition coefficient (Wildman–Crippen LogP) is 4.70. The van der Waals surface area contributed by atoms with Crippen LogP contribution in [0.5, 0.6) is 11.6 Å². The van der Waals surface area contributed by atoms with Crippen LogP contribution in [0.25, 0.3) is 11.4 Å². The van der Waals surface area contributed by atoms with Crippen LogP contribution in [0.4, 0.5) is 13.2 Å². The molecule has 0 aliphatic rings. The summed E-state index contributed by atoms with van der Waals surface area (Å²) in [6, 6.07) is 6.86. The SMILES string of the molecule is COc1cnc(Cl)nc1O[C@@H](C)c1ccc(-c2nc(C(F)(F)F)cn2C)cc1. The van der Waals surface area contributed by atoms with Gasteiger partial charge >= 0.3 is 6.18 Å². The molecule has 148 valence electrons. The Labute approximate surface area is 163 Å². The van der Waals surface area contributed by atoms with Crippen LogP contribution >= 0.6 is 11.6 Å². The Kier molecular flexibility index (Phi) is 5.46. The molecule has 3 rings (SSSR count). The third-order valence-electron chi connectivity index (χ3n) is 4.01. The Balaban J connectivity index is 1.81. The van der Waals surface area contributed by atoms with Crippen LogP contribution < -0.4 is 9.47 Å². The van der Waals surface area contributed by atoms with E-state index in [9.17, 15) is 13.2 Å². The zero-order valence-electron chi connectivity index (χ0n) is 15.2. The Hall–Kier alpha value is -2.81. The summed E-state index contributed by atoms with van der Waals surface area (Å²) in [7, 11) is 2.98. The highest BCUT2D eigenvalue weighted by Gasteiger charge is 2.34. The molecule has 0 unspecified atom stereocenters. The number of ether oxygens (including phenoxy) is 2. The number of rotatable bonds is 5. The minimum atomic E-state index is -4.49. The lowest BCUT2D eigenvalue weighted by Gasteiger charge is -2.16. The van der Waals surface area contributed by atoms with Gasteiger partial charge in [-0.1, -0.05) is 24.3 Å². The fourth-order valence-electron chi connectivity index (χ4n) is 2.57. The van der Waals surface area contributed by atoms with Crippen LogP contribution in [0.2, 0.25) is 5.28 Å². The molecule has 0 N–H and O–H groups in total. The first kappa shape index (κ1) is 19.9. The standard InChI is InChI=1S/C18H16ClF3N4O2/c1-10(28-16-13(27-3)8-23-17(19)25-16)11-4-6-12(7-5-11)15-24-14(9-26(15)2)18(20,21)22/h4-10H,1-3H3/t10-/m0/s1. The third kappa shape index (κ3) is 4.19. The summed E-state index contributed by atoms with van der Waals surface area (Å²) in [5, 5.41) is 0.0219. The summed E-state index contributed by atoms with van der Waals surface area (Å²) >= 11 is 5.79. The maximum absolute atomic E-state index is 12.8. The van der Waals surface area contributed by atoms with Crippen LogP contribution in [0.15, 0.2) is 36.7 Å². The lowest BCUT2D eigenvalue weighted by Crippen LogP contribution is -2.06. The predicted molar refractivity (Wildman–Crippen MR) is 96.3 cm³/mol. The highest BCUT2D eigenvalue weighted by Crippen LogP contribution is 2.32. The molecule has 2 heterocycles. The molecular formula is C18H16ClF3N4O2. The summed E-state index contributed by atoms with van der Waals surface area (Å²) in [5.41, 5.74) is 0.404. The molecule has 1 aromatic carbocycles. The summed E-state index contributed by atoms with van der Waals surface area (Å²) in [5.74, 6) is 0.746. The fraction of sp³-hybridized carbons (Fsp3) is 0.278. The van der Waals surface area contributed by atoms with E-state index in [0.717, 1.165) is 11.8 Å². The minimum absolute atomic E-state index is 0.0219. The Bertz CT molecular complexity index is 974. The quantitative estimate of drug-likeness (QED) is 0.568. The van der Waals surface area contributed by atoms with Gasteiger partial charge in [-0.25, -0.2) is 9.97 Å². The molecule has 0 aliphatic carbocycles. The number of aryl methyl sites for hydroxylation is 1. The lowest BCUT2D eigenvalue weighted by molar-refractivity contribution is -0.140. The molecule has 10 heteroatoms. The average molecular weight is 413 g/mol. The number of hydrogen-bond acceptors (Lipinski definition) is 5. The average Bonchev–Trinajstić information content (AvgIpc) is 3.04. The molecule has 0 spiro atoms. The number of halogens is 4. The number of aromatic nitrogens is 4. The molecule has 0 bridgehead atoms. The Morgan fingerprint density at radius 2 is 1.82 bits per heavy atom. The van der Waals surface area contributed by atoms with Gasteiger partial charge < -0.3 is 14.0 Å². The number of alkyl halides is 3. The van der Waals surface area contributed by atoms with Crippen molar-refractivity contribution in [3.63, 3.8) is 0 Å². The second kappa shape index (κ2) is 7.67. The first-order valence-electron chi connectivity index (χ1n) is 8.13. The molecule has 0 saturated heterocycles. The molecule has 6 nitrogen and oxygen atoms in total. The van der Waals surface area contributed by atoms with E-state index in [1.165, 1.54) is 24.9 Å². The number of nitrogens with zero attached hydrogens (tertiary/aromatic N) is 4. The van der Waals surface area contributed by atoms with Crippen molar-refractivity contribution < 1.29 is 22.6 Å². The molecule has 3 aromatic rings. The highest BCUT2D eigenvalue weighted by atomic mass is 35.5. The molecule has 0 saturated carbocycles. The van der Waals surface area contributed by atoms with E-state index in [-0.39, 0.29) is 17.0 Å². The monoisotopic (exact) mass is 412 g/mol. The van der Waals surface area contributed by atoms with Crippen molar-refractivity contribution >= 4 is 11.6 Å². The highest BCUT2D eigenvalue weighted by molar-refractivity contribution is 6.28. The lowest BCUT2D eigenvalue weighted by atomic mass is 10.1. The van der Waals surface area contributed by atoms with Crippen molar-refractivity contribution in [1.82, 2.24) is 19.5 Å².